The molecule has 0 saturated carbocycles. The molecule has 1 amide bonds. The van der Waals surface area contributed by atoms with Crippen molar-refractivity contribution in [1.82, 2.24) is 15.1 Å². The molecule has 2 heterocycles. The summed E-state index contributed by atoms with van der Waals surface area (Å²) in [5.41, 5.74) is 0.703. The first-order chi connectivity index (χ1) is 11.3. The SMILES string of the molecule is CS(=O)(=O)c1nnc([C@@H]2CCCN2C(=O)Cc2ccc(F)cc2)o1. The van der Waals surface area contributed by atoms with Crippen molar-refractivity contribution in [1.29, 1.82) is 0 Å². The lowest BCUT2D eigenvalue weighted by atomic mass is 10.1. The Kier molecular flexibility index (Phi) is 4.35. The molecular formula is C15H16FN3O4S. The number of hydrogen-bond donors (Lipinski definition) is 0. The number of carbonyl (C=O) groups excluding carboxylic acids is 1. The van der Waals surface area contributed by atoms with Gasteiger partial charge in [0, 0.05) is 12.8 Å². The van der Waals surface area contributed by atoms with E-state index < -0.39 is 21.1 Å². The van der Waals surface area contributed by atoms with Gasteiger partial charge in [-0.25, -0.2) is 12.8 Å². The van der Waals surface area contributed by atoms with Crippen LogP contribution in [0.1, 0.15) is 30.3 Å². The van der Waals surface area contributed by atoms with Gasteiger partial charge < -0.3 is 9.32 Å². The molecule has 1 saturated heterocycles. The predicted molar refractivity (Wildman–Crippen MR) is 81.2 cm³/mol. The van der Waals surface area contributed by atoms with Crippen LogP contribution in [0, 0.1) is 5.82 Å². The summed E-state index contributed by atoms with van der Waals surface area (Å²) in [6.07, 6.45) is 2.50. The molecule has 24 heavy (non-hydrogen) atoms. The predicted octanol–water partition coefficient (Wildman–Crippen LogP) is 1.52. The molecule has 128 valence electrons. The molecule has 9 heteroatoms. The van der Waals surface area contributed by atoms with Gasteiger partial charge in [0.2, 0.25) is 21.6 Å². The molecule has 1 aliphatic rings. The lowest BCUT2D eigenvalue weighted by Gasteiger charge is -2.22. The second-order valence-corrected chi connectivity index (χ2v) is 7.62. The average molecular weight is 353 g/mol. The van der Waals surface area contributed by atoms with E-state index in [1.807, 2.05) is 0 Å². The quantitative estimate of drug-likeness (QED) is 0.827. The maximum atomic E-state index is 12.9. The zero-order valence-electron chi connectivity index (χ0n) is 13.0. The second kappa shape index (κ2) is 6.31. The van der Waals surface area contributed by atoms with Gasteiger partial charge in [0.1, 0.15) is 11.9 Å². The fourth-order valence-electron chi connectivity index (χ4n) is 2.71. The number of rotatable bonds is 4. The number of amides is 1. The Labute approximate surface area is 138 Å². The van der Waals surface area contributed by atoms with E-state index in [9.17, 15) is 17.6 Å². The van der Waals surface area contributed by atoms with Gasteiger partial charge in [-0.1, -0.05) is 17.2 Å². The molecular weight excluding hydrogens is 337 g/mol. The van der Waals surface area contributed by atoms with Gasteiger partial charge >= 0.3 is 5.22 Å². The molecule has 1 fully saturated rings. The number of halogens is 1. The molecule has 2 aromatic rings. The van der Waals surface area contributed by atoms with Crippen LogP contribution in [0.5, 0.6) is 0 Å². The molecule has 0 unspecified atom stereocenters. The topological polar surface area (TPSA) is 93.4 Å². The van der Waals surface area contributed by atoms with Crippen LogP contribution in [0.3, 0.4) is 0 Å². The van der Waals surface area contributed by atoms with Crippen molar-refractivity contribution >= 4 is 15.7 Å². The first-order valence-corrected chi connectivity index (χ1v) is 9.31. The van der Waals surface area contributed by atoms with Crippen LogP contribution in [0.4, 0.5) is 4.39 Å². The van der Waals surface area contributed by atoms with Crippen molar-refractivity contribution in [3.8, 4) is 0 Å². The van der Waals surface area contributed by atoms with Crippen LogP contribution < -0.4 is 0 Å². The Morgan fingerprint density at radius 2 is 2.04 bits per heavy atom. The van der Waals surface area contributed by atoms with Crippen molar-refractivity contribution < 1.29 is 22.0 Å². The highest BCUT2D eigenvalue weighted by Gasteiger charge is 2.34. The number of nitrogens with zero attached hydrogens (tertiary/aromatic N) is 3. The van der Waals surface area contributed by atoms with E-state index in [1.165, 1.54) is 12.1 Å². The minimum absolute atomic E-state index is 0.125. The van der Waals surface area contributed by atoms with E-state index in [2.05, 4.69) is 10.2 Å². The fraction of sp³-hybridized carbons (Fsp3) is 0.400. The number of aromatic nitrogens is 2. The monoisotopic (exact) mass is 353 g/mol. The van der Waals surface area contributed by atoms with Crippen LogP contribution in [0.25, 0.3) is 0 Å². The largest absolute Gasteiger partial charge is 0.410 e. The molecule has 1 aromatic carbocycles. The molecule has 7 nitrogen and oxygen atoms in total. The highest BCUT2D eigenvalue weighted by molar-refractivity contribution is 7.90. The molecule has 0 bridgehead atoms. The van der Waals surface area contributed by atoms with Crippen LogP contribution >= 0.6 is 0 Å². The molecule has 0 aliphatic carbocycles. The summed E-state index contributed by atoms with van der Waals surface area (Å²) < 4.78 is 41.0. The minimum Gasteiger partial charge on any atom is -0.410 e. The molecule has 1 atom stereocenters. The van der Waals surface area contributed by atoms with E-state index >= 15 is 0 Å². The standard InChI is InChI=1S/C15H16FN3O4S/c1-24(21,22)15-18-17-14(23-15)12-3-2-8-19(12)13(20)9-10-4-6-11(16)7-5-10/h4-7,12H,2-3,8-9H2,1H3/t12-/m0/s1. The van der Waals surface area contributed by atoms with E-state index in [0.717, 1.165) is 12.7 Å². The van der Waals surface area contributed by atoms with Gasteiger partial charge in [0.05, 0.1) is 6.42 Å². The third-order valence-corrected chi connectivity index (χ3v) is 4.67. The highest BCUT2D eigenvalue weighted by atomic mass is 32.2. The normalized spacial score (nSPS) is 18.1. The summed E-state index contributed by atoms with van der Waals surface area (Å²) >= 11 is 0. The minimum atomic E-state index is -3.58. The van der Waals surface area contributed by atoms with Crippen molar-refractivity contribution in [2.45, 2.75) is 30.5 Å². The fourth-order valence-corrected chi connectivity index (χ4v) is 3.13. The Bertz CT molecular complexity index is 848. The summed E-state index contributed by atoms with van der Waals surface area (Å²) in [4.78, 5) is 14.1. The van der Waals surface area contributed by atoms with E-state index in [4.69, 9.17) is 4.42 Å². The van der Waals surface area contributed by atoms with Crippen molar-refractivity contribution in [3.63, 3.8) is 0 Å². The number of carbonyl (C=O) groups is 1. The summed E-state index contributed by atoms with van der Waals surface area (Å²) in [7, 11) is -3.58. The third-order valence-electron chi connectivity index (χ3n) is 3.87. The molecule has 3 rings (SSSR count). The number of likely N-dealkylation sites (tertiary alicyclic amines) is 1. The third kappa shape index (κ3) is 3.45. The van der Waals surface area contributed by atoms with E-state index in [0.29, 0.717) is 18.5 Å². The van der Waals surface area contributed by atoms with Gasteiger partial charge in [0.15, 0.2) is 0 Å². The molecule has 1 aliphatic heterocycles. The Hall–Kier alpha value is -2.29. The number of hydrogen-bond acceptors (Lipinski definition) is 6. The van der Waals surface area contributed by atoms with Gasteiger partial charge in [-0.3, -0.25) is 4.79 Å². The van der Waals surface area contributed by atoms with E-state index in [1.54, 1.807) is 17.0 Å². The first kappa shape index (κ1) is 16.6. The zero-order valence-corrected chi connectivity index (χ0v) is 13.8. The molecule has 0 radical (unpaired) electrons. The smallest absolute Gasteiger partial charge is 0.335 e. The van der Waals surface area contributed by atoms with Gasteiger partial charge in [0.25, 0.3) is 0 Å². The van der Waals surface area contributed by atoms with Crippen LogP contribution in [-0.4, -0.2) is 42.2 Å². The van der Waals surface area contributed by atoms with Crippen LogP contribution in [0.2, 0.25) is 0 Å². The Morgan fingerprint density at radius 1 is 1.33 bits per heavy atom. The van der Waals surface area contributed by atoms with Gasteiger partial charge in [-0.15, -0.1) is 5.10 Å². The van der Waals surface area contributed by atoms with Crippen molar-refractivity contribution in [2.75, 3.05) is 12.8 Å². The van der Waals surface area contributed by atoms with E-state index in [-0.39, 0.29) is 24.0 Å². The maximum absolute atomic E-state index is 12.9. The van der Waals surface area contributed by atoms with Crippen LogP contribution in [0.15, 0.2) is 33.9 Å². The molecule has 0 N–H and O–H groups in total. The number of benzene rings is 1. The second-order valence-electron chi connectivity index (χ2n) is 5.73. The van der Waals surface area contributed by atoms with Gasteiger partial charge in [-0.05, 0) is 30.5 Å². The Balaban J connectivity index is 1.76. The maximum Gasteiger partial charge on any atom is 0.335 e. The highest BCUT2D eigenvalue weighted by Crippen LogP contribution is 2.32. The first-order valence-electron chi connectivity index (χ1n) is 7.42. The lowest BCUT2D eigenvalue weighted by molar-refractivity contribution is -0.131. The van der Waals surface area contributed by atoms with Crippen LogP contribution in [-0.2, 0) is 21.1 Å². The zero-order chi connectivity index (χ0) is 17.3. The lowest BCUT2D eigenvalue weighted by Crippen LogP contribution is -2.32. The summed E-state index contributed by atoms with van der Waals surface area (Å²) in [6, 6.07) is 5.31. The van der Waals surface area contributed by atoms with Crippen molar-refractivity contribution in [2.24, 2.45) is 0 Å². The summed E-state index contributed by atoms with van der Waals surface area (Å²) in [5, 5.41) is 6.86. The molecule has 1 aromatic heterocycles. The van der Waals surface area contributed by atoms with Gasteiger partial charge in [-0.2, -0.15) is 0 Å². The summed E-state index contributed by atoms with van der Waals surface area (Å²) in [5.74, 6) is -0.381. The molecule has 0 spiro atoms. The average Bonchev–Trinajstić information content (AvgIpc) is 3.17. The summed E-state index contributed by atoms with van der Waals surface area (Å²) in [6.45, 7) is 0.529. The number of sulfone groups is 1. The Morgan fingerprint density at radius 3 is 2.67 bits per heavy atom. The van der Waals surface area contributed by atoms with Crippen molar-refractivity contribution in [3.05, 3.63) is 41.5 Å².